The van der Waals surface area contributed by atoms with E-state index in [0.29, 0.717) is 12.2 Å². The van der Waals surface area contributed by atoms with Gasteiger partial charge in [0.2, 0.25) is 0 Å². The molecule has 0 amide bonds. The average molecular weight is 741 g/mol. The Balaban J connectivity index is 1.34. The first-order valence-corrected chi connectivity index (χ1v) is 18.3. The number of hydrogen-bond acceptors (Lipinski definition) is 15. The van der Waals surface area contributed by atoms with E-state index < -0.39 is 103 Å². The molecule has 1 spiro atoms. The summed E-state index contributed by atoms with van der Waals surface area (Å²) in [6, 6.07) is 0. The smallest absolute Gasteiger partial charge is 0.483 e. The van der Waals surface area contributed by atoms with Gasteiger partial charge < -0.3 is 57.6 Å². The Bertz CT molecular complexity index is 1340. The highest BCUT2D eigenvalue weighted by atomic mass is 16.8. The molecule has 5 rings (SSSR count). The van der Waals surface area contributed by atoms with E-state index in [1.807, 2.05) is 20.8 Å². The third-order valence-electron chi connectivity index (χ3n) is 11.2. The quantitative estimate of drug-likeness (QED) is 0.286. The molecular formula is C37H56O15. The maximum atomic E-state index is 13.4. The number of esters is 1. The van der Waals surface area contributed by atoms with Crippen molar-refractivity contribution in [1.29, 1.82) is 0 Å². The third kappa shape index (κ3) is 8.67. The summed E-state index contributed by atoms with van der Waals surface area (Å²) in [4.78, 5) is 38.7. The molecule has 52 heavy (non-hydrogen) atoms. The average Bonchev–Trinajstić information content (AvgIpc) is 3.79. The van der Waals surface area contributed by atoms with E-state index in [0.717, 1.165) is 0 Å². The van der Waals surface area contributed by atoms with Crippen molar-refractivity contribution in [3.05, 3.63) is 24.0 Å². The fourth-order valence-corrected chi connectivity index (χ4v) is 7.97. The lowest BCUT2D eigenvalue weighted by atomic mass is 9.82. The van der Waals surface area contributed by atoms with Gasteiger partial charge in [-0.2, -0.15) is 0 Å². The van der Waals surface area contributed by atoms with Crippen LogP contribution in [0.15, 0.2) is 24.0 Å². The van der Waals surface area contributed by atoms with E-state index in [2.05, 4.69) is 0 Å². The highest BCUT2D eigenvalue weighted by molar-refractivity contribution is 5.82. The maximum absolute atomic E-state index is 13.4. The first-order valence-electron chi connectivity index (χ1n) is 18.3. The van der Waals surface area contributed by atoms with Crippen molar-refractivity contribution in [2.45, 2.75) is 147 Å². The van der Waals surface area contributed by atoms with Crippen LogP contribution in [0.1, 0.15) is 67.7 Å². The fourth-order valence-electron chi connectivity index (χ4n) is 7.97. The molecule has 0 aromatic heterocycles. The van der Waals surface area contributed by atoms with Crippen LogP contribution in [0.5, 0.6) is 0 Å². The predicted octanol–water partition coefficient (Wildman–Crippen LogP) is 2.97. The number of rotatable bonds is 7. The van der Waals surface area contributed by atoms with Crippen molar-refractivity contribution in [3.63, 3.8) is 0 Å². The van der Waals surface area contributed by atoms with Crippen LogP contribution in [0, 0.1) is 23.7 Å². The van der Waals surface area contributed by atoms with Gasteiger partial charge in [0.25, 0.3) is 0 Å². The Morgan fingerprint density at radius 1 is 0.865 bits per heavy atom. The lowest BCUT2D eigenvalue weighted by Gasteiger charge is -2.46. The van der Waals surface area contributed by atoms with E-state index in [1.165, 1.54) is 20.3 Å². The molecule has 294 valence electrons. The number of cyclic esters (lactones) is 2. The number of ketones is 1. The molecule has 0 saturated carbocycles. The second-order valence-electron chi connectivity index (χ2n) is 15.0. The summed E-state index contributed by atoms with van der Waals surface area (Å²) in [6.45, 7) is 12.6. The zero-order chi connectivity index (χ0) is 38.1. The molecule has 15 heteroatoms. The molecule has 15 nitrogen and oxygen atoms in total. The maximum Gasteiger partial charge on any atom is 0.509 e. The van der Waals surface area contributed by atoms with Gasteiger partial charge in [-0.1, -0.05) is 26.8 Å². The first-order chi connectivity index (χ1) is 24.6. The Labute approximate surface area is 305 Å². The predicted molar refractivity (Wildman–Crippen MR) is 180 cm³/mol. The van der Waals surface area contributed by atoms with Crippen LogP contribution in [0.2, 0.25) is 0 Å². The number of epoxide rings is 1. The van der Waals surface area contributed by atoms with Crippen LogP contribution in [-0.2, 0) is 57.0 Å². The minimum Gasteiger partial charge on any atom is -0.483 e. The minimum atomic E-state index is -1.36. The van der Waals surface area contributed by atoms with Gasteiger partial charge in [0.15, 0.2) is 24.3 Å². The van der Waals surface area contributed by atoms with Crippen molar-refractivity contribution < 1.29 is 72.0 Å². The van der Waals surface area contributed by atoms with E-state index >= 15 is 0 Å². The number of fused-ring (bicyclic) bond motifs is 1. The zero-order valence-corrected chi connectivity index (χ0v) is 31.5. The van der Waals surface area contributed by atoms with Gasteiger partial charge >= 0.3 is 12.1 Å². The number of hydrogen-bond donors (Lipinski definition) is 2. The van der Waals surface area contributed by atoms with Gasteiger partial charge in [-0.05, 0) is 46.1 Å². The van der Waals surface area contributed by atoms with Gasteiger partial charge in [0.05, 0.1) is 30.8 Å². The van der Waals surface area contributed by atoms with Crippen LogP contribution >= 0.6 is 0 Å². The minimum absolute atomic E-state index is 0.0111. The van der Waals surface area contributed by atoms with Crippen LogP contribution < -0.4 is 0 Å². The molecule has 4 fully saturated rings. The number of ether oxygens (including phenoxy) is 10. The summed E-state index contributed by atoms with van der Waals surface area (Å²) in [6.07, 6.45) is -4.60. The van der Waals surface area contributed by atoms with Gasteiger partial charge in [-0.15, -0.1) is 0 Å². The number of aliphatic hydroxyl groups excluding tert-OH is 2. The Morgan fingerprint density at radius 3 is 2.23 bits per heavy atom. The molecule has 0 bridgehead atoms. The molecule has 3 unspecified atom stereocenters. The summed E-state index contributed by atoms with van der Waals surface area (Å²) in [5.41, 5.74) is -1.35. The highest BCUT2D eigenvalue weighted by Gasteiger charge is 2.61. The topological polar surface area (TPSA) is 187 Å². The Kier molecular flexibility index (Phi) is 13.1. The molecule has 5 aliphatic heterocycles. The Hall–Kier alpha value is -2.63. The number of Topliss-reactive ketones (excluding diaryl/α,β-unsaturated/α-hetero) is 1. The summed E-state index contributed by atoms with van der Waals surface area (Å²) >= 11 is 0. The molecule has 0 aromatic carbocycles. The number of carbonyl (C=O) groups excluding carboxylic acids is 3. The monoisotopic (exact) mass is 740 g/mol. The number of aliphatic hydroxyl groups is 2. The van der Waals surface area contributed by atoms with Crippen molar-refractivity contribution in [3.8, 4) is 0 Å². The molecular weight excluding hydrogens is 684 g/mol. The van der Waals surface area contributed by atoms with Crippen LogP contribution in [0.25, 0.3) is 0 Å². The standard InChI is InChI=1S/C37H56O15/c1-17-10-13-27(39)47-21(5)24(16-45-34-32(44-9)31(43-8)28(40)22(6)48-34)30-26(50-30)12-11-25(38)18(2)14-19(3)29(17)51-35-33(41)37(15-20(4)46-35)23(7)49-36(42)52-37/h10,12-13,17-24,28-35,40-41H,11,14-16H2,1-9H3/t17?,18-,19?,20-,21-,22-,23-,24-,28-,29-,30+,31-,32-,33+,34-,35+,37?/m1/s1. The van der Waals surface area contributed by atoms with E-state index in [-0.39, 0.29) is 37.1 Å². The summed E-state index contributed by atoms with van der Waals surface area (Å²) in [5.74, 6) is -1.45. The largest absolute Gasteiger partial charge is 0.509 e. The number of allylic oxidation sites excluding steroid dienone is 1. The van der Waals surface area contributed by atoms with Gasteiger partial charge in [-0.3, -0.25) is 4.79 Å². The SMILES string of the molecule is CO[C@@H]1[C@H](O)[C@@H](C)O[C@@H](OC[C@H]2[C@@H]3OC3=CCC(=O)[C@H](C)CC(C)[C@H](O[C@@H]3O[C@H](C)CC4(OC(=O)O[C@@H]4C)[C@H]3O)C(C)C=CC(=O)O[C@@H]2C)[C@@H]1OC. The van der Waals surface area contributed by atoms with E-state index in [9.17, 15) is 24.6 Å². The summed E-state index contributed by atoms with van der Waals surface area (Å²) < 4.78 is 58.3. The van der Waals surface area contributed by atoms with Crippen molar-refractivity contribution in [2.75, 3.05) is 20.8 Å². The second-order valence-corrected chi connectivity index (χ2v) is 15.0. The molecule has 5 heterocycles. The third-order valence-corrected chi connectivity index (χ3v) is 11.2. The van der Waals surface area contributed by atoms with Crippen LogP contribution in [0.3, 0.4) is 0 Å². The molecule has 4 saturated heterocycles. The lowest BCUT2D eigenvalue weighted by Crippen LogP contribution is -2.62. The van der Waals surface area contributed by atoms with E-state index in [1.54, 1.807) is 39.8 Å². The van der Waals surface area contributed by atoms with Crippen LogP contribution in [-0.4, -0.2) is 128 Å². The van der Waals surface area contributed by atoms with Gasteiger partial charge in [-0.25, -0.2) is 9.59 Å². The van der Waals surface area contributed by atoms with Gasteiger partial charge in [0, 0.05) is 45.0 Å². The Morgan fingerprint density at radius 2 is 1.58 bits per heavy atom. The fraction of sp³-hybridized carbons (Fsp3) is 0.811. The molecule has 2 N–H and O–H groups in total. The highest BCUT2D eigenvalue weighted by Crippen LogP contribution is 2.43. The lowest BCUT2D eigenvalue weighted by molar-refractivity contribution is -0.308. The number of methoxy groups -OCH3 is 2. The summed E-state index contributed by atoms with van der Waals surface area (Å²) in [7, 11) is 2.96. The zero-order valence-electron chi connectivity index (χ0n) is 31.5. The molecule has 0 aromatic rings. The normalized spacial score (nSPS) is 46.1. The van der Waals surface area contributed by atoms with Gasteiger partial charge in [0.1, 0.15) is 48.2 Å². The first kappa shape index (κ1) is 40.6. The van der Waals surface area contributed by atoms with Crippen LogP contribution in [0.4, 0.5) is 4.79 Å². The molecule has 17 atom stereocenters. The summed E-state index contributed by atoms with van der Waals surface area (Å²) in [5, 5.41) is 22.0. The molecule has 5 aliphatic rings. The van der Waals surface area contributed by atoms with Crippen molar-refractivity contribution in [1.82, 2.24) is 0 Å². The second kappa shape index (κ2) is 16.8. The van der Waals surface area contributed by atoms with E-state index in [4.69, 9.17) is 47.4 Å². The number of carbonyl (C=O) groups is 3. The molecule has 0 radical (unpaired) electrons. The molecule has 0 aliphatic carbocycles. The van der Waals surface area contributed by atoms with Crippen molar-refractivity contribution in [2.24, 2.45) is 23.7 Å². The van der Waals surface area contributed by atoms with Crippen molar-refractivity contribution >= 4 is 17.9 Å².